The Bertz CT molecular complexity index is 1010. The number of aromatic nitrogens is 1. The van der Waals surface area contributed by atoms with Gasteiger partial charge >= 0.3 is 0 Å². The van der Waals surface area contributed by atoms with E-state index in [2.05, 4.69) is 4.98 Å². The van der Waals surface area contributed by atoms with Crippen molar-refractivity contribution in [3.8, 4) is 11.5 Å². The van der Waals surface area contributed by atoms with Gasteiger partial charge < -0.3 is 14.6 Å². The smallest absolute Gasteiger partial charge is 0.167 e. The highest BCUT2D eigenvalue weighted by atomic mass is 19.2. The Hall–Kier alpha value is -2.77. The number of pyridine rings is 1. The van der Waals surface area contributed by atoms with Gasteiger partial charge in [-0.15, -0.1) is 0 Å². The van der Waals surface area contributed by atoms with Crippen LogP contribution in [0.2, 0.25) is 0 Å². The van der Waals surface area contributed by atoms with Crippen LogP contribution >= 0.6 is 0 Å². The number of fused-ring (bicyclic) bond motifs is 1. The molecule has 2 heterocycles. The van der Waals surface area contributed by atoms with Gasteiger partial charge in [0.1, 0.15) is 23.7 Å². The fourth-order valence-electron chi connectivity index (χ4n) is 3.75. The Labute approximate surface area is 167 Å². The molecule has 1 aliphatic heterocycles. The van der Waals surface area contributed by atoms with Gasteiger partial charge in [-0.1, -0.05) is 12.1 Å². The van der Waals surface area contributed by atoms with Gasteiger partial charge in [-0.25, -0.2) is 8.78 Å². The van der Waals surface area contributed by atoms with Gasteiger partial charge in [0.05, 0.1) is 7.11 Å². The second-order valence-electron chi connectivity index (χ2n) is 7.14. The Morgan fingerprint density at radius 2 is 2.03 bits per heavy atom. The molecular weight excluding hydrogens is 378 g/mol. The molecule has 1 aromatic heterocycles. The maximum Gasteiger partial charge on any atom is 0.167 e. The molecule has 2 atom stereocenters. The van der Waals surface area contributed by atoms with Crippen LogP contribution in [0.25, 0.3) is 10.8 Å². The first-order valence-corrected chi connectivity index (χ1v) is 9.47. The number of β-amino-alcohol motifs (C(OH)–C–C–N with tert-alkyl or cyclic N) is 1. The lowest BCUT2D eigenvalue weighted by Gasteiger charge is -2.36. The van der Waals surface area contributed by atoms with Crippen LogP contribution in [0.4, 0.5) is 8.78 Å². The highest BCUT2D eigenvalue weighted by Gasteiger charge is 2.31. The van der Waals surface area contributed by atoms with Crippen LogP contribution in [-0.2, 0) is 6.54 Å². The topological polar surface area (TPSA) is 54.8 Å². The number of ether oxygens (including phenoxy) is 2. The molecule has 1 N–H and O–H groups in total. The second-order valence-corrected chi connectivity index (χ2v) is 7.14. The first kappa shape index (κ1) is 19.5. The Morgan fingerprint density at radius 3 is 2.83 bits per heavy atom. The summed E-state index contributed by atoms with van der Waals surface area (Å²) in [6.45, 7) is 1.01. The number of halogens is 2. The van der Waals surface area contributed by atoms with E-state index in [0.29, 0.717) is 24.5 Å². The maximum absolute atomic E-state index is 14.2. The summed E-state index contributed by atoms with van der Waals surface area (Å²) in [6.07, 6.45) is 2.88. The summed E-state index contributed by atoms with van der Waals surface area (Å²) in [5, 5.41) is 12.5. The van der Waals surface area contributed by atoms with Gasteiger partial charge in [-0.05, 0) is 30.7 Å². The third-order valence-corrected chi connectivity index (χ3v) is 5.28. The minimum atomic E-state index is -0.915. The maximum atomic E-state index is 14.2. The fraction of sp³-hybridized carbons (Fsp3) is 0.318. The monoisotopic (exact) mass is 400 g/mol. The minimum Gasteiger partial charge on any atom is -0.496 e. The van der Waals surface area contributed by atoms with Crippen LogP contribution in [0.1, 0.15) is 12.0 Å². The van der Waals surface area contributed by atoms with Crippen molar-refractivity contribution >= 4 is 10.8 Å². The van der Waals surface area contributed by atoms with Gasteiger partial charge in [0.25, 0.3) is 0 Å². The number of aliphatic hydroxyl groups is 1. The third-order valence-electron chi connectivity index (χ3n) is 5.28. The highest BCUT2D eigenvalue weighted by molar-refractivity contribution is 5.87. The molecule has 2 aromatic carbocycles. The molecular formula is C22H22F2N2O3. The largest absolute Gasteiger partial charge is 0.496 e. The highest BCUT2D eigenvalue weighted by Crippen LogP contribution is 2.29. The number of hydrogen-bond donors (Lipinski definition) is 1. The lowest BCUT2D eigenvalue weighted by Crippen LogP contribution is -2.48. The molecule has 0 saturated carbocycles. The average molecular weight is 400 g/mol. The molecule has 29 heavy (non-hydrogen) atoms. The summed E-state index contributed by atoms with van der Waals surface area (Å²) in [4.78, 5) is 5.99. The third kappa shape index (κ3) is 4.02. The van der Waals surface area contributed by atoms with Crippen LogP contribution in [0, 0.1) is 11.6 Å². The normalized spacial score (nSPS) is 20.0. The zero-order valence-electron chi connectivity index (χ0n) is 16.0. The van der Waals surface area contributed by atoms with Crippen LogP contribution in [0.15, 0.2) is 48.8 Å². The van der Waals surface area contributed by atoms with Crippen LogP contribution in [0.5, 0.6) is 11.5 Å². The molecule has 5 nitrogen and oxygen atoms in total. The standard InChI is InChI=1S/C22H22F2N2O3/c1-28-19-6-5-17(23)22(24)16(19)12-26-10-8-21(18(27)13-26)29-20-4-2-3-14-11-25-9-7-15(14)20/h2-7,9,11,18,21,27H,8,10,12-13H2,1H3/t18-,21-/m1/s1. The number of methoxy groups -OCH3 is 1. The summed E-state index contributed by atoms with van der Waals surface area (Å²) < 4.78 is 39.1. The van der Waals surface area contributed by atoms with Crippen molar-refractivity contribution in [3.05, 3.63) is 66.0 Å². The van der Waals surface area contributed by atoms with Crippen LogP contribution in [-0.4, -0.2) is 47.4 Å². The molecule has 152 valence electrons. The van der Waals surface area contributed by atoms with E-state index in [1.54, 1.807) is 12.4 Å². The Morgan fingerprint density at radius 1 is 1.17 bits per heavy atom. The van der Waals surface area contributed by atoms with E-state index in [1.807, 2.05) is 29.2 Å². The molecule has 0 spiro atoms. The predicted octanol–water partition coefficient (Wildman–Crippen LogP) is 3.54. The van der Waals surface area contributed by atoms with Crippen molar-refractivity contribution in [1.29, 1.82) is 0 Å². The lowest BCUT2D eigenvalue weighted by molar-refractivity contribution is -0.0273. The van der Waals surface area contributed by atoms with E-state index >= 15 is 0 Å². The summed E-state index contributed by atoms with van der Waals surface area (Å²) in [6, 6.07) is 10.1. The molecule has 1 saturated heterocycles. The number of piperidine rings is 1. The molecule has 1 fully saturated rings. The number of hydrogen-bond acceptors (Lipinski definition) is 5. The van der Waals surface area contributed by atoms with Gasteiger partial charge in [-0.3, -0.25) is 9.88 Å². The number of likely N-dealkylation sites (tertiary alicyclic amines) is 1. The average Bonchev–Trinajstić information content (AvgIpc) is 2.74. The van der Waals surface area contributed by atoms with Gasteiger partial charge in [0.15, 0.2) is 11.6 Å². The number of rotatable bonds is 5. The van der Waals surface area contributed by atoms with E-state index in [-0.39, 0.29) is 24.8 Å². The quantitative estimate of drug-likeness (QED) is 0.710. The fourth-order valence-corrected chi connectivity index (χ4v) is 3.75. The minimum absolute atomic E-state index is 0.149. The van der Waals surface area contributed by atoms with Crippen molar-refractivity contribution in [3.63, 3.8) is 0 Å². The summed E-state index contributed by atoms with van der Waals surface area (Å²) in [7, 11) is 1.42. The molecule has 4 rings (SSSR count). The van der Waals surface area contributed by atoms with Crippen LogP contribution < -0.4 is 9.47 Å². The molecule has 0 unspecified atom stereocenters. The zero-order chi connectivity index (χ0) is 20.4. The number of nitrogens with zero attached hydrogens (tertiary/aromatic N) is 2. The molecule has 0 aliphatic carbocycles. The molecule has 1 aliphatic rings. The number of benzene rings is 2. The van der Waals surface area contributed by atoms with Crippen molar-refractivity contribution in [2.45, 2.75) is 25.2 Å². The lowest BCUT2D eigenvalue weighted by atomic mass is 10.0. The van der Waals surface area contributed by atoms with E-state index in [4.69, 9.17) is 9.47 Å². The van der Waals surface area contributed by atoms with Crippen LogP contribution in [0.3, 0.4) is 0 Å². The summed E-state index contributed by atoms with van der Waals surface area (Å²) in [5.41, 5.74) is 0.153. The molecule has 3 aromatic rings. The van der Waals surface area contributed by atoms with E-state index in [0.717, 1.165) is 16.8 Å². The van der Waals surface area contributed by atoms with Crippen molar-refractivity contribution in [2.24, 2.45) is 0 Å². The summed E-state index contributed by atoms with van der Waals surface area (Å²) >= 11 is 0. The Balaban J connectivity index is 1.46. The van der Waals surface area contributed by atoms with Crippen molar-refractivity contribution in [1.82, 2.24) is 9.88 Å². The first-order chi connectivity index (χ1) is 14.1. The molecule has 7 heteroatoms. The van der Waals surface area contributed by atoms with E-state index in [1.165, 1.54) is 13.2 Å². The van der Waals surface area contributed by atoms with Gasteiger partial charge in [0.2, 0.25) is 0 Å². The molecule has 0 bridgehead atoms. The Kier molecular flexibility index (Phi) is 5.60. The van der Waals surface area contributed by atoms with Gasteiger partial charge in [0, 0.05) is 48.4 Å². The molecule has 0 amide bonds. The SMILES string of the molecule is COc1ccc(F)c(F)c1CN1CC[C@@H](Oc2cccc3cnccc23)[C@H](O)C1. The number of aliphatic hydroxyl groups excluding tert-OH is 1. The first-order valence-electron chi connectivity index (χ1n) is 9.47. The predicted molar refractivity (Wildman–Crippen MR) is 105 cm³/mol. The van der Waals surface area contributed by atoms with Crippen molar-refractivity contribution < 1.29 is 23.4 Å². The zero-order valence-corrected chi connectivity index (χ0v) is 16.0. The molecule has 0 radical (unpaired) electrons. The van der Waals surface area contributed by atoms with Crippen molar-refractivity contribution in [2.75, 3.05) is 20.2 Å². The summed E-state index contributed by atoms with van der Waals surface area (Å²) in [5.74, 6) is -0.840. The second kappa shape index (κ2) is 8.31. The van der Waals surface area contributed by atoms with E-state index in [9.17, 15) is 13.9 Å². The van der Waals surface area contributed by atoms with E-state index < -0.39 is 17.7 Å². The van der Waals surface area contributed by atoms with Gasteiger partial charge in [-0.2, -0.15) is 0 Å².